The van der Waals surface area contributed by atoms with Gasteiger partial charge in [-0.2, -0.15) is 0 Å². The molecule has 55 heavy (non-hydrogen) atoms. The number of allylic oxidation sites excluding steroid dienone is 4. The molecule has 0 N–H and O–H groups in total. The standard InChI is InChI=1S/C45H86NO8P/c1-6-8-10-12-14-16-18-20-22-24-25-27-29-31-33-35-37-44(47)51-41-43(42-53-55(49,50)52-40-39-46(3,4)5)54-45(48)38-36-34-32-30-28-26-23-21-19-17-15-13-11-9-7-2/h17,19,21,23,43H,6-16,18,20,22,24-42H2,1-5H3/b19-17+,23-21+/t43-/m1/s1. The highest BCUT2D eigenvalue weighted by atomic mass is 31.2. The zero-order valence-electron chi connectivity index (χ0n) is 36.4. The number of phosphoric acid groups is 1. The van der Waals surface area contributed by atoms with Crippen LogP contribution in [0.3, 0.4) is 0 Å². The third kappa shape index (κ3) is 41.9. The van der Waals surface area contributed by atoms with E-state index in [2.05, 4.69) is 38.2 Å². The van der Waals surface area contributed by atoms with Crippen LogP contribution in [0.25, 0.3) is 0 Å². The van der Waals surface area contributed by atoms with Gasteiger partial charge in [0.1, 0.15) is 19.8 Å². The maximum Gasteiger partial charge on any atom is 0.306 e. The number of hydrogen-bond donors (Lipinski definition) is 0. The molecule has 0 saturated heterocycles. The third-order valence-electron chi connectivity index (χ3n) is 9.75. The first-order valence-corrected chi connectivity index (χ1v) is 24.0. The van der Waals surface area contributed by atoms with Gasteiger partial charge in [-0.25, -0.2) is 0 Å². The smallest absolute Gasteiger partial charge is 0.306 e. The van der Waals surface area contributed by atoms with Crippen molar-refractivity contribution in [2.45, 2.75) is 206 Å². The van der Waals surface area contributed by atoms with E-state index in [9.17, 15) is 19.0 Å². The molecule has 10 heteroatoms. The Labute approximate surface area is 339 Å². The Morgan fingerprint density at radius 1 is 0.564 bits per heavy atom. The van der Waals surface area contributed by atoms with Crippen LogP contribution in [0, 0.1) is 0 Å². The lowest BCUT2D eigenvalue weighted by Crippen LogP contribution is -2.37. The first-order valence-electron chi connectivity index (χ1n) is 22.6. The molecule has 2 atom stereocenters. The average molecular weight is 800 g/mol. The molecule has 0 aliphatic rings. The topological polar surface area (TPSA) is 111 Å². The molecule has 0 fully saturated rings. The zero-order valence-corrected chi connectivity index (χ0v) is 37.3. The highest BCUT2D eigenvalue weighted by Gasteiger charge is 2.21. The van der Waals surface area contributed by atoms with Crippen molar-refractivity contribution in [3.8, 4) is 0 Å². The molecule has 0 aliphatic carbocycles. The van der Waals surface area contributed by atoms with Gasteiger partial charge < -0.3 is 27.9 Å². The van der Waals surface area contributed by atoms with Crippen LogP contribution in [-0.2, 0) is 32.7 Å². The Hall–Kier alpha value is -1.51. The maximum absolute atomic E-state index is 12.7. The van der Waals surface area contributed by atoms with Gasteiger partial charge >= 0.3 is 11.9 Å². The first kappa shape index (κ1) is 53.5. The molecule has 0 aliphatic heterocycles. The van der Waals surface area contributed by atoms with E-state index < -0.39 is 26.5 Å². The second kappa shape index (κ2) is 38.0. The van der Waals surface area contributed by atoms with E-state index in [1.165, 1.54) is 109 Å². The molecule has 9 nitrogen and oxygen atoms in total. The number of carbonyl (C=O) groups excluding carboxylic acids is 2. The van der Waals surface area contributed by atoms with Crippen LogP contribution < -0.4 is 4.89 Å². The zero-order chi connectivity index (χ0) is 40.7. The predicted molar refractivity (Wildman–Crippen MR) is 227 cm³/mol. The molecular weight excluding hydrogens is 713 g/mol. The number of esters is 2. The minimum absolute atomic E-state index is 0.0322. The van der Waals surface area contributed by atoms with Gasteiger partial charge in [0.25, 0.3) is 7.82 Å². The van der Waals surface area contributed by atoms with Crippen LogP contribution in [-0.4, -0.2) is 70.0 Å². The van der Waals surface area contributed by atoms with E-state index in [0.29, 0.717) is 17.4 Å². The fraction of sp³-hybridized carbons (Fsp3) is 0.867. The lowest BCUT2D eigenvalue weighted by Gasteiger charge is -2.28. The molecular formula is C45H86NO8P. The number of unbranched alkanes of at least 4 members (excludes halogenated alkanes) is 24. The summed E-state index contributed by atoms with van der Waals surface area (Å²) in [5, 5.41) is 0. The van der Waals surface area contributed by atoms with Crippen molar-refractivity contribution in [2.75, 3.05) is 47.5 Å². The van der Waals surface area contributed by atoms with Crippen LogP contribution >= 0.6 is 7.82 Å². The SMILES string of the molecule is CCCCCC/C=C/C=C/CCCCCCCC(=O)O[C@H](COC(=O)CCCCCCCCCCCCCCCCCC)COP(=O)([O-])OCC[N+](C)(C)C. The predicted octanol–water partition coefficient (Wildman–Crippen LogP) is 12.1. The first-order chi connectivity index (χ1) is 26.5. The molecule has 0 saturated carbocycles. The molecule has 0 aromatic carbocycles. The van der Waals surface area contributed by atoms with Crippen molar-refractivity contribution < 1.29 is 42.1 Å². The van der Waals surface area contributed by atoms with Gasteiger partial charge in [0, 0.05) is 12.8 Å². The molecule has 1 unspecified atom stereocenters. The quantitative estimate of drug-likeness (QED) is 0.0198. The molecule has 0 bridgehead atoms. The van der Waals surface area contributed by atoms with Crippen LogP contribution in [0.15, 0.2) is 24.3 Å². The third-order valence-corrected chi connectivity index (χ3v) is 10.7. The van der Waals surface area contributed by atoms with Gasteiger partial charge in [0.05, 0.1) is 27.7 Å². The van der Waals surface area contributed by atoms with Crippen LogP contribution in [0.5, 0.6) is 0 Å². The van der Waals surface area contributed by atoms with Crippen LogP contribution in [0.2, 0.25) is 0 Å². The van der Waals surface area contributed by atoms with Gasteiger partial charge in [0.15, 0.2) is 6.10 Å². The number of quaternary nitrogens is 1. The van der Waals surface area contributed by atoms with Crippen molar-refractivity contribution in [2.24, 2.45) is 0 Å². The van der Waals surface area contributed by atoms with Gasteiger partial charge in [-0.1, -0.05) is 173 Å². The fourth-order valence-electron chi connectivity index (χ4n) is 6.18. The minimum Gasteiger partial charge on any atom is -0.756 e. The van der Waals surface area contributed by atoms with E-state index in [-0.39, 0.29) is 32.0 Å². The number of rotatable bonds is 41. The molecule has 0 heterocycles. The lowest BCUT2D eigenvalue weighted by atomic mass is 10.0. The number of carbonyl (C=O) groups is 2. The van der Waals surface area contributed by atoms with E-state index >= 15 is 0 Å². The van der Waals surface area contributed by atoms with Crippen LogP contribution in [0.4, 0.5) is 0 Å². The molecule has 0 aromatic rings. The second-order valence-corrected chi connectivity index (χ2v) is 17.9. The van der Waals surface area contributed by atoms with E-state index in [4.69, 9.17) is 18.5 Å². The highest BCUT2D eigenvalue weighted by molar-refractivity contribution is 7.45. The summed E-state index contributed by atoms with van der Waals surface area (Å²) in [7, 11) is 1.16. The molecule has 0 rings (SSSR count). The maximum atomic E-state index is 12.7. The normalized spacial score (nSPS) is 13.8. The second-order valence-electron chi connectivity index (χ2n) is 16.5. The Morgan fingerprint density at radius 3 is 1.42 bits per heavy atom. The van der Waals surface area contributed by atoms with Crippen molar-refractivity contribution in [1.29, 1.82) is 0 Å². The van der Waals surface area contributed by atoms with E-state index in [0.717, 1.165) is 57.8 Å². The number of phosphoric ester groups is 1. The summed E-state index contributed by atoms with van der Waals surface area (Å²) in [6.07, 6.45) is 40.5. The summed E-state index contributed by atoms with van der Waals surface area (Å²) in [4.78, 5) is 37.5. The molecule has 0 spiro atoms. The summed E-state index contributed by atoms with van der Waals surface area (Å²) in [6, 6.07) is 0. The van der Waals surface area contributed by atoms with Crippen molar-refractivity contribution >= 4 is 19.8 Å². The van der Waals surface area contributed by atoms with E-state index in [1.807, 2.05) is 21.1 Å². The lowest BCUT2D eigenvalue weighted by molar-refractivity contribution is -0.870. The summed E-state index contributed by atoms with van der Waals surface area (Å²) in [6.45, 7) is 4.21. The minimum atomic E-state index is -4.62. The molecule has 0 amide bonds. The Kier molecular flexibility index (Phi) is 37.0. The number of likely N-dealkylation sites (N-methyl/N-ethyl adjacent to an activating group) is 1. The summed E-state index contributed by atoms with van der Waals surface area (Å²) in [5.74, 6) is -0.845. The van der Waals surface area contributed by atoms with Crippen LogP contribution in [0.1, 0.15) is 200 Å². The number of hydrogen-bond acceptors (Lipinski definition) is 8. The largest absolute Gasteiger partial charge is 0.756 e. The monoisotopic (exact) mass is 800 g/mol. The summed E-state index contributed by atoms with van der Waals surface area (Å²) < 4.78 is 33.9. The Balaban J connectivity index is 4.35. The van der Waals surface area contributed by atoms with Gasteiger partial charge in [-0.15, -0.1) is 0 Å². The molecule has 0 radical (unpaired) electrons. The Bertz CT molecular complexity index is 996. The van der Waals surface area contributed by atoms with Gasteiger partial charge in [0.2, 0.25) is 0 Å². The number of ether oxygens (including phenoxy) is 2. The fourth-order valence-corrected chi connectivity index (χ4v) is 6.90. The molecule has 324 valence electrons. The van der Waals surface area contributed by atoms with Crippen molar-refractivity contribution in [3.63, 3.8) is 0 Å². The summed E-state index contributed by atoms with van der Waals surface area (Å²) >= 11 is 0. The van der Waals surface area contributed by atoms with E-state index in [1.54, 1.807) is 0 Å². The van der Waals surface area contributed by atoms with Gasteiger partial charge in [-0.3, -0.25) is 14.2 Å². The summed E-state index contributed by atoms with van der Waals surface area (Å²) in [5.41, 5.74) is 0. The average Bonchev–Trinajstić information content (AvgIpc) is 3.13. The van der Waals surface area contributed by atoms with Gasteiger partial charge in [-0.05, 0) is 38.5 Å². The molecule has 0 aromatic heterocycles. The Morgan fingerprint density at radius 2 is 0.964 bits per heavy atom. The highest BCUT2D eigenvalue weighted by Crippen LogP contribution is 2.38. The van der Waals surface area contributed by atoms with Crippen molar-refractivity contribution in [3.05, 3.63) is 24.3 Å². The van der Waals surface area contributed by atoms with Crippen molar-refractivity contribution in [1.82, 2.24) is 0 Å². The number of nitrogens with zero attached hydrogens (tertiary/aromatic N) is 1.